The van der Waals surface area contributed by atoms with Crippen LogP contribution < -0.4 is 15.1 Å². The number of amides is 1. The monoisotopic (exact) mass is 485 g/mol. The lowest BCUT2D eigenvalue weighted by molar-refractivity contribution is -0.123. The molecule has 33 heavy (non-hydrogen) atoms. The Hall–Kier alpha value is -2.50. The predicted molar refractivity (Wildman–Crippen MR) is 135 cm³/mol. The average molecular weight is 486 g/mol. The zero-order valence-electron chi connectivity index (χ0n) is 19.1. The number of nitrogens with zero attached hydrogens (tertiary/aromatic N) is 2. The van der Waals surface area contributed by atoms with Crippen molar-refractivity contribution in [2.75, 3.05) is 18.6 Å². The fourth-order valence-corrected chi connectivity index (χ4v) is 5.12. The van der Waals surface area contributed by atoms with E-state index in [-0.39, 0.29) is 27.6 Å². The molecule has 1 aliphatic heterocycles. The summed E-state index contributed by atoms with van der Waals surface area (Å²) in [5, 5.41) is 4.20. The SMILES string of the molecule is COc1ccc(/C=N\NC(=O)[C@@H]2[C@H](C=C(Cl)Cl)C2(C)C)cc1CN1CCCc2ccccc21. The maximum Gasteiger partial charge on any atom is 0.244 e. The number of methoxy groups -OCH3 is 1. The van der Waals surface area contributed by atoms with E-state index in [4.69, 9.17) is 27.9 Å². The van der Waals surface area contributed by atoms with E-state index in [0.717, 1.165) is 42.8 Å². The number of aryl methyl sites for hydroxylation is 1. The van der Waals surface area contributed by atoms with Crippen LogP contribution in [0.3, 0.4) is 0 Å². The molecule has 0 aromatic heterocycles. The summed E-state index contributed by atoms with van der Waals surface area (Å²) < 4.78 is 5.80. The van der Waals surface area contributed by atoms with Gasteiger partial charge in [-0.25, -0.2) is 5.43 Å². The molecular weight excluding hydrogens is 457 g/mol. The average Bonchev–Trinajstić information content (AvgIpc) is 3.33. The first-order chi connectivity index (χ1) is 15.8. The van der Waals surface area contributed by atoms with Crippen LogP contribution in [0.1, 0.15) is 37.0 Å². The van der Waals surface area contributed by atoms with Gasteiger partial charge in [-0.3, -0.25) is 4.79 Å². The van der Waals surface area contributed by atoms with Crippen LogP contribution in [0.5, 0.6) is 5.75 Å². The molecule has 2 aliphatic rings. The zero-order valence-corrected chi connectivity index (χ0v) is 20.7. The summed E-state index contributed by atoms with van der Waals surface area (Å²) in [6, 6.07) is 14.5. The fraction of sp³-hybridized carbons (Fsp3) is 0.385. The van der Waals surface area contributed by atoms with E-state index in [1.165, 1.54) is 11.3 Å². The van der Waals surface area contributed by atoms with Crippen molar-refractivity contribution in [2.24, 2.45) is 22.4 Å². The number of rotatable bonds is 7. The number of benzene rings is 2. The molecule has 1 fully saturated rings. The smallest absolute Gasteiger partial charge is 0.244 e. The van der Waals surface area contributed by atoms with Gasteiger partial charge in [0.1, 0.15) is 10.2 Å². The molecule has 0 bridgehead atoms. The molecule has 1 saturated carbocycles. The first-order valence-electron chi connectivity index (χ1n) is 11.2. The number of allylic oxidation sites excluding steroid dienone is 1. The molecule has 7 heteroatoms. The summed E-state index contributed by atoms with van der Waals surface area (Å²) in [5.41, 5.74) is 7.12. The Morgan fingerprint density at radius 1 is 1.27 bits per heavy atom. The number of carbonyl (C=O) groups is 1. The number of ether oxygens (including phenoxy) is 1. The highest BCUT2D eigenvalue weighted by Gasteiger charge is 2.60. The lowest BCUT2D eigenvalue weighted by atomic mass is 10.0. The van der Waals surface area contributed by atoms with Crippen LogP contribution in [0, 0.1) is 17.3 Å². The molecular formula is C26H29Cl2N3O2. The van der Waals surface area contributed by atoms with Gasteiger partial charge in [-0.1, -0.05) is 55.2 Å². The molecule has 2 atom stereocenters. The van der Waals surface area contributed by atoms with E-state index < -0.39 is 0 Å². The Bertz CT molecular complexity index is 1090. The first-order valence-corrected chi connectivity index (χ1v) is 11.9. The summed E-state index contributed by atoms with van der Waals surface area (Å²) in [6.07, 6.45) is 5.64. The van der Waals surface area contributed by atoms with Crippen molar-refractivity contribution in [3.63, 3.8) is 0 Å². The Morgan fingerprint density at radius 2 is 2.06 bits per heavy atom. The normalized spacial score (nSPS) is 20.8. The van der Waals surface area contributed by atoms with Gasteiger partial charge >= 0.3 is 0 Å². The van der Waals surface area contributed by atoms with Gasteiger partial charge in [-0.2, -0.15) is 5.10 Å². The van der Waals surface area contributed by atoms with Crippen molar-refractivity contribution >= 4 is 41.0 Å². The van der Waals surface area contributed by atoms with Gasteiger partial charge < -0.3 is 9.64 Å². The molecule has 4 rings (SSSR count). The van der Waals surface area contributed by atoms with Crippen LogP contribution in [0.15, 0.2) is 58.1 Å². The highest BCUT2D eigenvalue weighted by atomic mass is 35.5. The number of fused-ring (bicyclic) bond motifs is 1. The number of halogens is 2. The minimum atomic E-state index is -0.201. The molecule has 1 N–H and O–H groups in total. The van der Waals surface area contributed by atoms with E-state index >= 15 is 0 Å². The van der Waals surface area contributed by atoms with Crippen molar-refractivity contribution in [2.45, 2.75) is 33.2 Å². The number of nitrogens with one attached hydrogen (secondary N) is 1. The molecule has 2 aromatic carbocycles. The van der Waals surface area contributed by atoms with Gasteiger partial charge in [0.2, 0.25) is 5.91 Å². The molecule has 0 unspecified atom stereocenters. The number of hydrogen-bond donors (Lipinski definition) is 1. The van der Waals surface area contributed by atoms with Gasteiger partial charge in [0.15, 0.2) is 0 Å². The molecule has 1 aliphatic carbocycles. The van der Waals surface area contributed by atoms with E-state index in [2.05, 4.69) is 45.8 Å². The number of carbonyl (C=O) groups excluding carboxylic acids is 1. The number of para-hydroxylation sites is 1. The quantitative estimate of drug-likeness (QED) is 0.404. The highest BCUT2D eigenvalue weighted by molar-refractivity contribution is 6.55. The third-order valence-electron chi connectivity index (χ3n) is 6.76. The van der Waals surface area contributed by atoms with Gasteiger partial charge in [-0.15, -0.1) is 0 Å². The van der Waals surface area contributed by atoms with Crippen LogP contribution in [-0.4, -0.2) is 25.8 Å². The van der Waals surface area contributed by atoms with Crippen LogP contribution in [0.2, 0.25) is 0 Å². The Labute approximate surface area is 205 Å². The number of hydrazone groups is 1. The summed E-state index contributed by atoms with van der Waals surface area (Å²) >= 11 is 11.6. The molecule has 174 valence electrons. The molecule has 0 spiro atoms. The molecule has 1 amide bonds. The summed E-state index contributed by atoms with van der Waals surface area (Å²) in [6.45, 7) is 5.80. The van der Waals surface area contributed by atoms with Crippen molar-refractivity contribution in [3.05, 3.63) is 69.7 Å². The van der Waals surface area contributed by atoms with E-state index in [1.807, 2.05) is 26.0 Å². The Balaban J connectivity index is 1.45. The van der Waals surface area contributed by atoms with E-state index in [1.54, 1.807) is 19.4 Å². The van der Waals surface area contributed by atoms with Gasteiger partial charge in [0, 0.05) is 24.3 Å². The zero-order chi connectivity index (χ0) is 23.6. The van der Waals surface area contributed by atoms with Crippen molar-refractivity contribution < 1.29 is 9.53 Å². The van der Waals surface area contributed by atoms with Crippen LogP contribution in [0.4, 0.5) is 5.69 Å². The van der Waals surface area contributed by atoms with Crippen LogP contribution in [-0.2, 0) is 17.8 Å². The largest absolute Gasteiger partial charge is 0.496 e. The van der Waals surface area contributed by atoms with Crippen molar-refractivity contribution in [3.8, 4) is 5.75 Å². The topological polar surface area (TPSA) is 53.9 Å². The summed E-state index contributed by atoms with van der Waals surface area (Å²) in [5.74, 6) is 0.516. The molecule has 1 heterocycles. The lowest BCUT2D eigenvalue weighted by Gasteiger charge is -2.31. The second-order valence-corrected chi connectivity index (χ2v) is 10.2. The maximum absolute atomic E-state index is 12.6. The summed E-state index contributed by atoms with van der Waals surface area (Å²) in [7, 11) is 1.69. The first kappa shape index (κ1) is 23.7. The van der Waals surface area contributed by atoms with Crippen molar-refractivity contribution in [1.29, 1.82) is 0 Å². The fourth-order valence-electron chi connectivity index (χ4n) is 4.85. The van der Waals surface area contributed by atoms with Crippen molar-refractivity contribution in [1.82, 2.24) is 5.43 Å². The number of hydrogen-bond acceptors (Lipinski definition) is 4. The standard InChI is InChI=1S/C26H29Cl2N3O2/c1-26(2)20(14-23(27)28)24(26)25(32)30-29-15-17-10-11-22(33-3)19(13-17)16-31-12-6-8-18-7-4-5-9-21(18)31/h4-5,7,9-11,13-15,20,24H,6,8,12,16H2,1-3H3,(H,30,32)/b29-15-/t20-,24-/m0/s1. The Morgan fingerprint density at radius 3 is 2.82 bits per heavy atom. The van der Waals surface area contributed by atoms with Crippen LogP contribution in [0.25, 0.3) is 0 Å². The predicted octanol–water partition coefficient (Wildman–Crippen LogP) is 5.69. The third-order valence-corrected chi connectivity index (χ3v) is 7.01. The molecule has 0 radical (unpaired) electrons. The molecule has 2 aromatic rings. The summed E-state index contributed by atoms with van der Waals surface area (Å²) in [4.78, 5) is 15.0. The minimum Gasteiger partial charge on any atom is -0.496 e. The van der Waals surface area contributed by atoms with Gasteiger partial charge in [-0.05, 0) is 65.6 Å². The number of anilines is 1. The third kappa shape index (κ3) is 5.20. The minimum absolute atomic E-state index is 0.0118. The van der Waals surface area contributed by atoms with E-state index in [0.29, 0.717) is 0 Å². The Kier molecular flexibility index (Phi) is 7.01. The second kappa shape index (κ2) is 9.78. The maximum atomic E-state index is 12.6. The van der Waals surface area contributed by atoms with Crippen LogP contribution >= 0.6 is 23.2 Å². The molecule has 5 nitrogen and oxygen atoms in total. The van der Waals surface area contributed by atoms with Gasteiger partial charge in [0.25, 0.3) is 0 Å². The lowest BCUT2D eigenvalue weighted by Crippen LogP contribution is -2.29. The van der Waals surface area contributed by atoms with E-state index in [9.17, 15) is 4.79 Å². The highest BCUT2D eigenvalue weighted by Crippen LogP contribution is 2.59. The molecule has 0 saturated heterocycles. The van der Waals surface area contributed by atoms with Gasteiger partial charge in [0.05, 0.1) is 19.2 Å². The second-order valence-electron chi connectivity index (χ2n) is 9.24.